The minimum atomic E-state index is -0.0753. The molecule has 1 fully saturated rings. The molecule has 2 aromatic carbocycles. The first-order chi connectivity index (χ1) is 24.4. The van der Waals surface area contributed by atoms with E-state index in [4.69, 9.17) is 4.74 Å². The van der Waals surface area contributed by atoms with Gasteiger partial charge in [-0.2, -0.15) is 4.58 Å². The largest absolute Gasteiger partial charge is 0.485 e. The molecule has 2 aliphatic carbocycles. The highest BCUT2D eigenvalue weighted by Crippen LogP contribution is 2.49. The monoisotopic (exact) mass is 681 g/mol. The number of rotatable bonds is 9. The van der Waals surface area contributed by atoms with E-state index in [1.165, 1.54) is 87.4 Å². The second kappa shape index (κ2) is 13.7. The molecule has 0 N–H and O–H groups in total. The Kier molecular flexibility index (Phi) is 9.50. The average Bonchev–Trinajstić information content (AvgIpc) is 3.86. The zero-order valence-electron chi connectivity index (χ0n) is 32.6. The minimum absolute atomic E-state index is 0.0403. The van der Waals surface area contributed by atoms with Crippen LogP contribution in [0, 0.1) is 19.8 Å². The molecule has 7 rings (SSSR count). The molecule has 4 aliphatic rings. The van der Waals surface area contributed by atoms with Crippen LogP contribution in [0.3, 0.4) is 0 Å². The van der Waals surface area contributed by atoms with E-state index in [0.29, 0.717) is 5.92 Å². The zero-order chi connectivity index (χ0) is 36.1. The summed E-state index contributed by atoms with van der Waals surface area (Å²) < 4.78 is 12.1. The number of fused-ring (bicyclic) bond motifs is 2. The normalized spacial score (nSPS) is 21.9. The van der Waals surface area contributed by atoms with Gasteiger partial charge in [-0.3, -0.25) is 0 Å². The Balaban J connectivity index is 1.32. The molecule has 2 aliphatic heterocycles. The number of ether oxygens (including phenoxy) is 1. The molecule has 4 nitrogen and oxygen atoms in total. The van der Waals surface area contributed by atoms with Crippen molar-refractivity contribution in [2.24, 2.45) is 13.0 Å². The van der Waals surface area contributed by atoms with Gasteiger partial charge in [-0.05, 0) is 108 Å². The standard InChI is InChI=1S/C47H59N3O/c1-10-49-40-22-16-32(3)30-38(40)46(5,6)42(49)24-20-35-18-19-36(21-25-43-47(7,8)39-31-33(4)17-23-41(39)50(43)11-2)45(35)51-44(34-14-12-13-15-34)37-26-28-48(9)29-27-37/h16-17,20-31,34,44H,10-15,18-19H2,1-9H3/q+2. The van der Waals surface area contributed by atoms with Gasteiger partial charge in [-0.25, -0.2) is 4.57 Å². The molecule has 1 saturated carbocycles. The molecular weight excluding hydrogens is 623 g/mol. The Morgan fingerprint density at radius 1 is 0.843 bits per heavy atom. The van der Waals surface area contributed by atoms with Crippen molar-refractivity contribution in [2.45, 2.75) is 111 Å². The number of pyridine rings is 1. The quantitative estimate of drug-likeness (QED) is 0.209. The minimum Gasteiger partial charge on any atom is -0.485 e. The van der Waals surface area contributed by atoms with E-state index in [1.54, 1.807) is 0 Å². The smallest absolute Gasteiger partial charge is 0.209 e. The average molecular weight is 682 g/mol. The molecule has 1 aromatic heterocycles. The summed E-state index contributed by atoms with van der Waals surface area (Å²) in [5.41, 5.74) is 14.6. The van der Waals surface area contributed by atoms with E-state index in [-0.39, 0.29) is 16.9 Å². The zero-order valence-corrected chi connectivity index (χ0v) is 32.6. The highest BCUT2D eigenvalue weighted by atomic mass is 16.5. The summed E-state index contributed by atoms with van der Waals surface area (Å²) in [6.07, 6.45) is 21.0. The fraction of sp³-hybridized carbons (Fsp3) is 0.447. The first kappa shape index (κ1) is 35.2. The Labute approximate surface area is 307 Å². The van der Waals surface area contributed by atoms with Crippen LogP contribution < -0.4 is 9.47 Å². The van der Waals surface area contributed by atoms with Crippen LogP contribution in [0.15, 0.2) is 108 Å². The molecule has 0 bridgehead atoms. The van der Waals surface area contributed by atoms with E-state index >= 15 is 0 Å². The van der Waals surface area contributed by atoms with Gasteiger partial charge in [0.1, 0.15) is 25.5 Å². The van der Waals surface area contributed by atoms with E-state index in [1.807, 2.05) is 0 Å². The van der Waals surface area contributed by atoms with E-state index in [2.05, 4.69) is 162 Å². The number of allylic oxidation sites excluding steroid dienone is 7. The van der Waals surface area contributed by atoms with Crippen molar-refractivity contribution < 1.29 is 13.9 Å². The van der Waals surface area contributed by atoms with Gasteiger partial charge in [0.2, 0.25) is 5.69 Å². The molecule has 0 radical (unpaired) electrons. The molecule has 51 heavy (non-hydrogen) atoms. The maximum Gasteiger partial charge on any atom is 0.209 e. The Morgan fingerprint density at radius 2 is 1.53 bits per heavy atom. The molecule has 0 saturated heterocycles. The fourth-order valence-corrected chi connectivity index (χ4v) is 9.32. The molecule has 1 unspecified atom stereocenters. The van der Waals surface area contributed by atoms with Gasteiger partial charge in [0.25, 0.3) is 0 Å². The Bertz CT molecular complexity index is 1980. The van der Waals surface area contributed by atoms with Crippen molar-refractivity contribution in [3.8, 4) is 0 Å². The van der Waals surface area contributed by atoms with E-state index < -0.39 is 0 Å². The third-order valence-corrected chi connectivity index (χ3v) is 12.3. The summed E-state index contributed by atoms with van der Waals surface area (Å²) in [6, 6.07) is 18.4. The van der Waals surface area contributed by atoms with Crippen molar-refractivity contribution in [1.82, 2.24) is 0 Å². The second-order valence-electron chi connectivity index (χ2n) is 16.5. The second-order valence-corrected chi connectivity index (χ2v) is 16.5. The van der Waals surface area contributed by atoms with Crippen molar-refractivity contribution in [3.05, 3.63) is 136 Å². The van der Waals surface area contributed by atoms with Gasteiger partial charge < -0.3 is 9.64 Å². The van der Waals surface area contributed by atoms with Gasteiger partial charge >= 0.3 is 0 Å². The molecular formula is C47H59N3O+2. The van der Waals surface area contributed by atoms with Gasteiger partial charge in [-0.1, -0.05) is 62.1 Å². The molecule has 0 spiro atoms. The lowest BCUT2D eigenvalue weighted by Crippen LogP contribution is -2.27. The van der Waals surface area contributed by atoms with Crippen LogP contribution in [0.4, 0.5) is 11.4 Å². The topological polar surface area (TPSA) is 19.4 Å². The maximum absolute atomic E-state index is 7.43. The van der Waals surface area contributed by atoms with Crippen molar-refractivity contribution in [2.75, 3.05) is 18.0 Å². The lowest BCUT2D eigenvalue weighted by Gasteiger charge is -2.27. The molecule has 4 heteroatoms. The summed E-state index contributed by atoms with van der Waals surface area (Å²) >= 11 is 0. The number of aryl methyl sites for hydroxylation is 3. The molecule has 266 valence electrons. The summed E-state index contributed by atoms with van der Waals surface area (Å²) in [6.45, 7) is 20.4. The Morgan fingerprint density at radius 3 is 2.22 bits per heavy atom. The Hall–Kier alpha value is -4.18. The molecule has 0 amide bonds. The third-order valence-electron chi connectivity index (χ3n) is 12.3. The van der Waals surface area contributed by atoms with Crippen LogP contribution in [0.25, 0.3) is 0 Å². The molecule has 1 atom stereocenters. The summed E-state index contributed by atoms with van der Waals surface area (Å²) in [5, 5.41) is 0. The lowest BCUT2D eigenvalue weighted by molar-refractivity contribution is -0.671. The first-order valence-corrected chi connectivity index (χ1v) is 19.5. The van der Waals surface area contributed by atoms with Crippen molar-refractivity contribution in [3.63, 3.8) is 0 Å². The lowest BCUT2D eigenvalue weighted by atomic mass is 9.80. The van der Waals surface area contributed by atoms with Gasteiger partial charge in [0, 0.05) is 64.7 Å². The number of hydrogen-bond acceptors (Lipinski definition) is 2. The first-order valence-electron chi connectivity index (χ1n) is 19.5. The van der Waals surface area contributed by atoms with Crippen LogP contribution in [0.1, 0.15) is 114 Å². The van der Waals surface area contributed by atoms with Gasteiger partial charge in [-0.15, -0.1) is 0 Å². The van der Waals surface area contributed by atoms with Gasteiger partial charge in [0.15, 0.2) is 18.1 Å². The third kappa shape index (κ3) is 6.34. The van der Waals surface area contributed by atoms with Crippen LogP contribution in [-0.4, -0.2) is 23.4 Å². The van der Waals surface area contributed by atoms with Crippen LogP contribution in [-0.2, 0) is 22.6 Å². The van der Waals surface area contributed by atoms with Crippen molar-refractivity contribution in [1.29, 1.82) is 0 Å². The number of hydrogen-bond donors (Lipinski definition) is 0. The molecule has 3 heterocycles. The van der Waals surface area contributed by atoms with Crippen LogP contribution in [0.2, 0.25) is 0 Å². The van der Waals surface area contributed by atoms with Gasteiger partial charge in [0.05, 0.1) is 5.41 Å². The predicted octanol–water partition coefficient (Wildman–Crippen LogP) is 10.7. The highest BCUT2D eigenvalue weighted by Gasteiger charge is 2.44. The van der Waals surface area contributed by atoms with Crippen LogP contribution in [0.5, 0.6) is 0 Å². The number of anilines is 1. The number of benzene rings is 2. The fourth-order valence-electron chi connectivity index (χ4n) is 9.32. The van der Waals surface area contributed by atoms with Crippen molar-refractivity contribution >= 4 is 17.1 Å². The number of likely N-dealkylation sites (N-methyl/N-ethyl adjacent to an activating group) is 1. The highest BCUT2D eigenvalue weighted by molar-refractivity contribution is 6.03. The molecule has 3 aromatic rings. The summed E-state index contributed by atoms with van der Waals surface area (Å²) in [5.74, 6) is 1.61. The SMILES string of the molecule is CCN1/C(=C/C=C2\CCC(/C=C/C3=[N+](CC)c4ccc(C)cc4C3(C)C)=C2OC(c2cc[n+](C)cc2)C2CCCC2)C(C)(C)c2cc(C)ccc21. The summed E-state index contributed by atoms with van der Waals surface area (Å²) in [4.78, 5) is 2.51. The number of nitrogens with zero attached hydrogens (tertiary/aromatic N) is 3. The maximum atomic E-state index is 7.43. The summed E-state index contributed by atoms with van der Waals surface area (Å²) in [7, 11) is 2.09. The van der Waals surface area contributed by atoms with E-state index in [0.717, 1.165) is 31.7 Å². The predicted molar refractivity (Wildman–Crippen MR) is 212 cm³/mol. The van der Waals surface area contributed by atoms with Crippen LogP contribution >= 0.6 is 0 Å². The number of aromatic nitrogens is 1. The van der Waals surface area contributed by atoms with E-state index in [9.17, 15) is 0 Å².